The lowest BCUT2D eigenvalue weighted by molar-refractivity contribution is -0.210. The zero-order chi connectivity index (χ0) is 18.2. The second-order valence-electron chi connectivity index (χ2n) is 4.92. The van der Waals surface area contributed by atoms with Crippen LogP contribution in [-0.4, -0.2) is 36.5 Å². The summed E-state index contributed by atoms with van der Waals surface area (Å²) in [5.41, 5.74) is -1.09. The fraction of sp³-hybridized carbons (Fsp3) is 0.833. The number of ether oxygens (including phenoxy) is 2. The van der Waals surface area contributed by atoms with Crippen LogP contribution in [0.5, 0.6) is 0 Å². The average Bonchev–Trinajstić information content (AvgIpc) is 2.23. The van der Waals surface area contributed by atoms with Crippen molar-refractivity contribution in [1.29, 1.82) is 0 Å². The molecule has 0 fully saturated rings. The van der Waals surface area contributed by atoms with Crippen molar-refractivity contribution in [1.82, 2.24) is 0 Å². The van der Waals surface area contributed by atoms with Gasteiger partial charge in [0.1, 0.15) is 5.60 Å². The molecular weight excluding hydrogens is 322 g/mol. The Morgan fingerprint density at radius 2 is 1.41 bits per heavy atom. The second-order valence-corrected chi connectivity index (χ2v) is 4.92. The normalized spacial score (nSPS) is 12.1. The van der Waals surface area contributed by atoms with Gasteiger partial charge >= 0.3 is 24.3 Å². The van der Waals surface area contributed by atoms with Crippen LogP contribution in [0.4, 0.5) is 26.3 Å². The Morgan fingerprint density at radius 3 is 1.64 bits per heavy atom. The molecule has 0 aromatic rings. The van der Waals surface area contributed by atoms with Gasteiger partial charge in [0.25, 0.3) is 0 Å². The summed E-state index contributed by atoms with van der Waals surface area (Å²) < 4.78 is 77.2. The first-order valence-electron chi connectivity index (χ1n) is 6.11. The number of carbonyl (C=O) groups is 2. The molecule has 0 radical (unpaired) electrons. The van der Waals surface area contributed by atoms with Gasteiger partial charge < -0.3 is 9.47 Å². The van der Waals surface area contributed by atoms with Crippen LogP contribution < -0.4 is 0 Å². The van der Waals surface area contributed by atoms with Gasteiger partial charge in [-0.3, -0.25) is 4.79 Å². The van der Waals surface area contributed by atoms with Crippen molar-refractivity contribution in [3.63, 3.8) is 0 Å². The summed E-state index contributed by atoms with van der Waals surface area (Å²) >= 11 is 0. The van der Waals surface area contributed by atoms with Crippen molar-refractivity contribution in [2.45, 2.75) is 58.5 Å². The van der Waals surface area contributed by atoms with Gasteiger partial charge in [-0.25, -0.2) is 4.79 Å². The Morgan fingerprint density at radius 1 is 0.955 bits per heavy atom. The molecule has 0 bridgehead atoms. The number of halogens is 6. The zero-order valence-electron chi connectivity index (χ0n) is 12.5. The van der Waals surface area contributed by atoms with Gasteiger partial charge in [-0.05, 0) is 27.7 Å². The number of carbonyl (C=O) groups excluding carboxylic acids is 2. The summed E-state index contributed by atoms with van der Waals surface area (Å²) in [7, 11) is 0. The molecule has 10 heteroatoms. The smallest absolute Gasteiger partial charge is 0.466 e. The predicted molar refractivity (Wildman–Crippen MR) is 63.8 cm³/mol. The lowest BCUT2D eigenvalue weighted by Crippen LogP contribution is -2.33. The van der Waals surface area contributed by atoms with Crippen molar-refractivity contribution in [3.8, 4) is 0 Å². The van der Waals surface area contributed by atoms with E-state index in [2.05, 4.69) is 9.47 Å². The average molecular weight is 340 g/mol. The maximum atomic E-state index is 11.5. The maximum absolute atomic E-state index is 11.5. The standard InChI is InChI=1S/2C6H9F3O2/c1-5(2,3)11-4(10)6(7,8)9;1-2-11-5(10)3-4-6(7,8)9/h1-3H3;2-4H2,1H3. The molecule has 0 amide bonds. The SMILES string of the molecule is CC(C)(C)OC(=O)C(F)(F)F.CCOC(=O)CCC(F)(F)F. The lowest BCUT2D eigenvalue weighted by Gasteiger charge is -2.19. The van der Waals surface area contributed by atoms with Gasteiger partial charge in [0.05, 0.1) is 19.4 Å². The van der Waals surface area contributed by atoms with Crippen LogP contribution in [0.1, 0.15) is 40.5 Å². The van der Waals surface area contributed by atoms with E-state index in [4.69, 9.17) is 0 Å². The molecule has 0 rings (SSSR count). The minimum absolute atomic E-state index is 0.122. The molecule has 4 nitrogen and oxygen atoms in total. The molecular formula is C12H18F6O4. The highest BCUT2D eigenvalue weighted by atomic mass is 19.4. The third-order valence-electron chi connectivity index (χ3n) is 1.55. The molecule has 0 N–H and O–H groups in total. The third kappa shape index (κ3) is 16.6. The van der Waals surface area contributed by atoms with E-state index in [9.17, 15) is 35.9 Å². The van der Waals surface area contributed by atoms with Gasteiger partial charge in [-0.2, -0.15) is 26.3 Å². The molecule has 0 aliphatic rings. The van der Waals surface area contributed by atoms with Crippen molar-refractivity contribution in [2.24, 2.45) is 0 Å². The lowest BCUT2D eigenvalue weighted by atomic mass is 10.2. The highest BCUT2D eigenvalue weighted by Crippen LogP contribution is 2.21. The quantitative estimate of drug-likeness (QED) is 0.579. The summed E-state index contributed by atoms with van der Waals surface area (Å²) in [6.07, 6.45) is -10.9. The van der Waals surface area contributed by atoms with Crippen LogP contribution in [0.3, 0.4) is 0 Å². The van der Waals surface area contributed by atoms with Gasteiger partial charge in [0.15, 0.2) is 0 Å². The minimum atomic E-state index is -4.90. The molecule has 0 aromatic carbocycles. The van der Waals surface area contributed by atoms with Gasteiger partial charge in [-0.15, -0.1) is 0 Å². The Balaban J connectivity index is 0. The van der Waals surface area contributed by atoms with E-state index in [-0.39, 0.29) is 6.61 Å². The molecule has 132 valence electrons. The Hall–Kier alpha value is -1.48. The first kappa shape index (κ1) is 22.8. The van der Waals surface area contributed by atoms with E-state index < -0.39 is 42.7 Å². The molecule has 0 aliphatic heterocycles. The molecule has 0 saturated carbocycles. The largest absolute Gasteiger partial charge is 0.490 e. The van der Waals surface area contributed by atoms with Crippen molar-refractivity contribution < 1.29 is 45.4 Å². The van der Waals surface area contributed by atoms with Gasteiger partial charge in [0, 0.05) is 0 Å². The molecule has 0 aromatic heterocycles. The Bertz CT molecular complexity index is 354. The topological polar surface area (TPSA) is 52.6 Å². The maximum Gasteiger partial charge on any atom is 0.490 e. The number of esters is 2. The number of rotatable bonds is 3. The van der Waals surface area contributed by atoms with Crippen LogP contribution in [-0.2, 0) is 19.1 Å². The zero-order valence-corrected chi connectivity index (χ0v) is 12.5. The van der Waals surface area contributed by atoms with Crippen LogP contribution >= 0.6 is 0 Å². The third-order valence-corrected chi connectivity index (χ3v) is 1.55. The summed E-state index contributed by atoms with van der Waals surface area (Å²) in [4.78, 5) is 20.5. The van der Waals surface area contributed by atoms with Crippen LogP contribution in [0, 0.1) is 0 Å². The van der Waals surface area contributed by atoms with E-state index in [1.807, 2.05) is 0 Å². The molecule has 0 spiro atoms. The molecule has 0 unspecified atom stereocenters. The molecule has 0 aliphatic carbocycles. The van der Waals surface area contributed by atoms with Crippen molar-refractivity contribution >= 4 is 11.9 Å². The fourth-order valence-electron chi connectivity index (χ4n) is 0.813. The van der Waals surface area contributed by atoms with Crippen LogP contribution in [0.15, 0.2) is 0 Å². The summed E-state index contributed by atoms with van der Waals surface area (Å²) in [5.74, 6) is -2.95. The molecule has 22 heavy (non-hydrogen) atoms. The summed E-state index contributed by atoms with van der Waals surface area (Å²) in [6, 6.07) is 0. The monoisotopic (exact) mass is 340 g/mol. The Labute approximate surface area is 123 Å². The predicted octanol–water partition coefficient (Wildman–Crippen LogP) is 3.78. The second kappa shape index (κ2) is 8.84. The Kier molecular flexibility index (Phi) is 9.16. The van der Waals surface area contributed by atoms with Crippen LogP contribution in [0.2, 0.25) is 0 Å². The number of hydrogen-bond acceptors (Lipinski definition) is 4. The van der Waals surface area contributed by atoms with E-state index in [1.165, 1.54) is 20.8 Å². The summed E-state index contributed by atoms with van der Waals surface area (Å²) in [6.45, 7) is 5.78. The van der Waals surface area contributed by atoms with Crippen molar-refractivity contribution in [3.05, 3.63) is 0 Å². The minimum Gasteiger partial charge on any atom is -0.466 e. The summed E-state index contributed by atoms with van der Waals surface area (Å²) in [5, 5.41) is 0. The van der Waals surface area contributed by atoms with E-state index >= 15 is 0 Å². The molecule has 0 saturated heterocycles. The highest BCUT2D eigenvalue weighted by molar-refractivity contribution is 5.76. The fourth-order valence-corrected chi connectivity index (χ4v) is 0.813. The number of alkyl halides is 6. The molecule has 0 atom stereocenters. The van der Waals surface area contributed by atoms with Crippen molar-refractivity contribution in [2.75, 3.05) is 6.61 Å². The van der Waals surface area contributed by atoms with E-state index in [1.54, 1.807) is 6.92 Å². The van der Waals surface area contributed by atoms with E-state index in [0.717, 1.165) is 0 Å². The molecule has 0 heterocycles. The number of hydrogen-bond donors (Lipinski definition) is 0. The first-order valence-corrected chi connectivity index (χ1v) is 6.11. The first-order chi connectivity index (χ1) is 9.58. The highest BCUT2D eigenvalue weighted by Gasteiger charge is 2.42. The van der Waals surface area contributed by atoms with Gasteiger partial charge in [-0.1, -0.05) is 0 Å². The van der Waals surface area contributed by atoms with Gasteiger partial charge in [0.2, 0.25) is 0 Å². The van der Waals surface area contributed by atoms with Crippen LogP contribution in [0.25, 0.3) is 0 Å². The van der Waals surface area contributed by atoms with E-state index in [0.29, 0.717) is 0 Å².